The first-order chi connectivity index (χ1) is 13.1. The van der Waals surface area contributed by atoms with E-state index in [-0.39, 0.29) is 10.6 Å². The lowest BCUT2D eigenvalue weighted by atomic mass is 10.0. The van der Waals surface area contributed by atoms with Gasteiger partial charge in [-0.15, -0.1) is 0 Å². The van der Waals surface area contributed by atoms with Gasteiger partial charge >= 0.3 is 0 Å². The molecule has 0 radical (unpaired) electrons. The Balaban J connectivity index is 1.68. The van der Waals surface area contributed by atoms with Gasteiger partial charge in [-0.25, -0.2) is 0 Å². The molecule has 5 nitrogen and oxygen atoms in total. The number of rotatable bonds is 5. The van der Waals surface area contributed by atoms with Crippen molar-refractivity contribution in [1.82, 2.24) is 0 Å². The van der Waals surface area contributed by atoms with Crippen LogP contribution in [-0.2, 0) is 6.42 Å². The van der Waals surface area contributed by atoms with Crippen LogP contribution in [0.3, 0.4) is 0 Å². The van der Waals surface area contributed by atoms with E-state index >= 15 is 0 Å². The first kappa shape index (κ1) is 18.5. The molecule has 0 atom stereocenters. The number of hydrogen-bond donors (Lipinski definition) is 2. The molecule has 0 aliphatic rings. The minimum Gasteiger partial charge on any atom is -0.332 e. The Hall–Kier alpha value is -3.25. The number of nitro groups is 1. The Bertz CT molecular complexity index is 954. The van der Waals surface area contributed by atoms with Crippen LogP contribution in [-0.4, -0.2) is 10.0 Å². The zero-order valence-electron chi connectivity index (χ0n) is 14.8. The second-order valence-corrected chi connectivity index (χ2v) is 6.39. The number of benzene rings is 3. The lowest BCUT2D eigenvalue weighted by Crippen LogP contribution is -2.18. The van der Waals surface area contributed by atoms with Gasteiger partial charge in [-0.1, -0.05) is 43.3 Å². The van der Waals surface area contributed by atoms with Gasteiger partial charge in [0.25, 0.3) is 5.69 Å². The van der Waals surface area contributed by atoms with E-state index in [1.165, 1.54) is 11.6 Å². The summed E-state index contributed by atoms with van der Waals surface area (Å²) in [7, 11) is 0. The minimum atomic E-state index is -0.371. The monoisotopic (exact) mass is 377 g/mol. The van der Waals surface area contributed by atoms with E-state index in [2.05, 4.69) is 29.7 Å². The minimum absolute atomic E-state index is 0.0888. The van der Waals surface area contributed by atoms with Gasteiger partial charge in [0.05, 0.1) is 10.5 Å². The Labute approximate surface area is 163 Å². The average Bonchev–Trinajstić information content (AvgIpc) is 2.69. The predicted octanol–water partition coefficient (Wildman–Crippen LogP) is 5.63. The SMILES string of the molecule is CCc1ccc(NC(=S)Nc2ccc(-c3ccccc3[N+](=O)[O-])cc2)cc1. The number of nitrogens with one attached hydrogen (secondary N) is 2. The molecule has 136 valence electrons. The third-order valence-electron chi connectivity index (χ3n) is 4.17. The quantitative estimate of drug-likeness (QED) is 0.342. The topological polar surface area (TPSA) is 67.2 Å². The van der Waals surface area contributed by atoms with Crippen LogP contribution < -0.4 is 10.6 Å². The molecule has 6 heteroatoms. The van der Waals surface area contributed by atoms with Gasteiger partial charge in [-0.3, -0.25) is 10.1 Å². The number of thiocarbonyl (C=S) groups is 1. The Morgan fingerprint density at radius 3 is 2.04 bits per heavy atom. The normalized spacial score (nSPS) is 10.3. The van der Waals surface area contributed by atoms with E-state index < -0.39 is 0 Å². The highest BCUT2D eigenvalue weighted by molar-refractivity contribution is 7.80. The van der Waals surface area contributed by atoms with E-state index in [9.17, 15) is 10.1 Å². The van der Waals surface area contributed by atoms with Crippen molar-refractivity contribution in [3.05, 3.63) is 88.5 Å². The summed E-state index contributed by atoms with van der Waals surface area (Å²) in [6, 6.07) is 22.2. The second kappa shape index (κ2) is 8.42. The zero-order chi connectivity index (χ0) is 19.2. The maximum absolute atomic E-state index is 11.2. The Kier molecular flexibility index (Phi) is 5.78. The number of aryl methyl sites for hydroxylation is 1. The molecule has 0 amide bonds. The van der Waals surface area contributed by atoms with Crippen LogP contribution in [0.4, 0.5) is 17.1 Å². The van der Waals surface area contributed by atoms with Crippen molar-refractivity contribution in [1.29, 1.82) is 0 Å². The molecule has 3 aromatic rings. The first-order valence-electron chi connectivity index (χ1n) is 8.57. The van der Waals surface area contributed by atoms with Crippen LogP contribution in [0.5, 0.6) is 0 Å². The van der Waals surface area contributed by atoms with Crippen molar-refractivity contribution in [3.8, 4) is 11.1 Å². The number of nitrogens with zero attached hydrogens (tertiary/aromatic N) is 1. The summed E-state index contributed by atoms with van der Waals surface area (Å²) < 4.78 is 0. The Morgan fingerprint density at radius 1 is 0.926 bits per heavy atom. The maximum atomic E-state index is 11.2. The van der Waals surface area contributed by atoms with E-state index in [1.807, 2.05) is 36.4 Å². The van der Waals surface area contributed by atoms with Crippen LogP contribution in [0.1, 0.15) is 12.5 Å². The van der Waals surface area contributed by atoms with E-state index in [4.69, 9.17) is 12.2 Å². The molecule has 3 aromatic carbocycles. The molecule has 0 saturated carbocycles. The molecular formula is C21H19N3O2S. The van der Waals surface area contributed by atoms with Gasteiger partial charge in [0.2, 0.25) is 0 Å². The fourth-order valence-electron chi connectivity index (χ4n) is 2.73. The molecule has 27 heavy (non-hydrogen) atoms. The number of hydrogen-bond acceptors (Lipinski definition) is 3. The van der Waals surface area contributed by atoms with Crippen LogP contribution in [0.25, 0.3) is 11.1 Å². The largest absolute Gasteiger partial charge is 0.332 e. The zero-order valence-corrected chi connectivity index (χ0v) is 15.6. The van der Waals surface area contributed by atoms with Crippen LogP contribution in [0.2, 0.25) is 0 Å². The summed E-state index contributed by atoms with van der Waals surface area (Å²) in [4.78, 5) is 10.8. The van der Waals surface area contributed by atoms with Crippen LogP contribution >= 0.6 is 12.2 Å². The van der Waals surface area contributed by atoms with Gasteiger partial charge < -0.3 is 10.6 Å². The van der Waals surface area contributed by atoms with Crippen LogP contribution in [0, 0.1) is 10.1 Å². The van der Waals surface area contributed by atoms with Crippen molar-refractivity contribution >= 4 is 34.4 Å². The van der Waals surface area contributed by atoms with Crippen molar-refractivity contribution in [2.45, 2.75) is 13.3 Å². The van der Waals surface area contributed by atoms with Gasteiger partial charge in [-0.2, -0.15) is 0 Å². The molecule has 0 aliphatic heterocycles. The summed E-state index contributed by atoms with van der Waals surface area (Å²) in [5.41, 5.74) is 4.45. The molecule has 0 spiro atoms. The van der Waals surface area contributed by atoms with Crippen LogP contribution in [0.15, 0.2) is 72.8 Å². The molecule has 2 N–H and O–H groups in total. The van der Waals surface area contributed by atoms with Crippen molar-refractivity contribution < 1.29 is 4.92 Å². The standard InChI is InChI=1S/C21H19N3O2S/c1-2-15-7-11-17(12-8-15)22-21(27)23-18-13-9-16(10-14-18)19-5-3-4-6-20(19)24(25)26/h3-14H,2H2,1H3,(H2,22,23,27). The molecule has 0 aliphatic carbocycles. The first-order valence-corrected chi connectivity index (χ1v) is 8.98. The summed E-state index contributed by atoms with van der Waals surface area (Å²) in [6.45, 7) is 2.11. The number of anilines is 2. The maximum Gasteiger partial charge on any atom is 0.277 e. The smallest absolute Gasteiger partial charge is 0.277 e. The molecule has 0 aromatic heterocycles. The van der Waals surface area contributed by atoms with Crippen molar-refractivity contribution in [2.75, 3.05) is 10.6 Å². The summed E-state index contributed by atoms with van der Waals surface area (Å²) in [6.07, 6.45) is 0.995. The number of para-hydroxylation sites is 1. The van der Waals surface area contributed by atoms with Gasteiger partial charge in [0.1, 0.15) is 0 Å². The fourth-order valence-corrected chi connectivity index (χ4v) is 2.96. The fraction of sp³-hybridized carbons (Fsp3) is 0.0952. The summed E-state index contributed by atoms with van der Waals surface area (Å²) in [5, 5.41) is 17.9. The highest BCUT2D eigenvalue weighted by Gasteiger charge is 2.13. The molecular weight excluding hydrogens is 358 g/mol. The lowest BCUT2D eigenvalue weighted by Gasteiger charge is -2.11. The van der Waals surface area contributed by atoms with Crippen molar-refractivity contribution in [3.63, 3.8) is 0 Å². The van der Waals surface area contributed by atoms with E-state index in [0.29, 0.717) is 10.7 Å². The highest BCUT2D eigenvalue weighted by atomic mass is 32.1. The average molecular weight is 377 g/mol. The molecule has 3 rings (SSSR count). The molecule has 0 heterocycles. The summed E-state index contributed by atoms with van der Waals surface area (Å²) >= 11 is 5.35. The molecule has 0 fully saturated rings. The molecule has 0 unspecified atom stereocenters. The van der Waals surface area contributed by atoms with Gasteiger partial charge in [0, 0.05) is 17.4 Å². The van der Waals surface area contributed by atoms with Gasteiger partial charge in [-0.05, 0) is 60.1 Å². The summed E-state index contributed by atoms with van der Waals surface area (Å²) in [5.74, 6) is 0. The highest BCUT2D eigenvalue weighted by Crippen LogP contribution is 2.30. The molecule has 0 bridgehead atoms. The predicted molar refractivity (Wildman–Crippen MR) is 114 cm³/mol. The van der Waals surface area contributed by atoms with E-state index in [0.717, 1.165) is 23.4 Å². The second-order valence-electron chi connectivity index (χ2n) is 5.98. The molecule has 0 saturated heterocycles. The van der Waals surface area contributed by atoms with Gasteiger partial charge in [0.15, 0.2) is 5.11 Å². The van der Waals surface area contributed by atoms with Crippen molar-refractivity contribution in [2.24, 2.45) is 0 Å². The lowest BCUT2D eigenvalue weighted by molar-refractivity contribution is -0.384. The third-order valence-corrected chi connectivity index (χ3v) is 4.38. The Morgan fingerprint density at radius 2 is 1.48 bits per heavy atom. The van der Waals surface area contributed by atoms with E-state index in [1.54, 1.807) is 18.2 Å². The number of nitro benzene ring substituents is 1. The third kappa shape index (κ3) is 4.68.